The van der Waals surface area contributed by atoms with E-state index in [-0.39, 0.29) is 0 Å². The van der Waals surface area contributed by atoms with Crippen LogP contribution in [0.5, 0.6) is 0 Å². The van der Waals surface area contributed by atoms with E-state index in [1.807, 2.05) is 6.92 Å². The van der Waals surface area contributed by atoms with Crippen molar-refractivity contribution in [3.05, 3.63) is 21.9 Å². The average molecular weight is 314 g/mol. The van der Waals surface area contributed by atoms with Gasteiger partial charge in [-0.3, -0.25) is 9.59 Å². The number of aryl methyl sites for hydroxylation is 1. The van der Waals surface area contributed by atoms with Gasteiger partial charge in [-0.1, -0.05) is 0 Å². The summed E-state index contributed by atoms with van der Waals surface area (Å²) < 4.78 is 23.3. The third kappa shape index (κ3) is 3.96. The van der Waals surface area contributed by atoms with E-state index in [2.05, 4.69) is 0 Å². The molecule has 0 aromatic carbocycles. The second-order valence-corrected chi connectivity index (χ2v) is 7.70. The van der Waals surface area contributed by atoms with Crippen LogP contribution in [-0.4, -0.2) is 44.1 Å². The minimum atomic E-state index is -3.53. The average Bonchev–Trinajstić information content (AvgIpc) is 2.75. The number of nitriles is 1. The zero-order valence-electron chi connectivity index (χ0n) is 11.3. The zero-order chi connectivity index (χ0) is 15.5. The molecular weight excluding hydrogens is 300 g/mol. The Labute approximate surface area is 121 Å². The Morgan fingerprint density at radius 3 is 2.45 bits per heavy atom. The number of carbonyl (C=O) groups excluding carboxylic acids is 2. The highest BCUT2D eigenvalue weighted by Gasteiger charge is 2.30. The summed E-state index contributed by atoms with van der Waals surface area (Å²) in [5.74, 6) is -2.79. The second kappa shape index (κ2) is 6.26. The van der Waals surface area contributed by atoms with Crippen molar-refractivity contribution in [2.45, 2.75) is 6.92 Å². The summed E-state index contributed by atoms with van der Waals surface area (Å²) in [7, 11) is -2.31. The lowest BCUT2D eigenvalue weighted by atomic mass is 9.99. The molecule has 0 spiro atoms. The Hall–Kier alpha value is -1.56. The van der Waals surface area contributed by atoms with E-state index in [9.17, 15) is 18.0 Å². The lowest BCUT2D eigenvalue weighted by Gasteiger charge is -2.14. The highest BCUT2D eigenvalue weighted by Crippen LogP contribution is 2.19. The molecule has 0 aliphatic rings. The van der Waals surface area contributed by atoms with Crippen molar-refractivity contribution in [1.82, 2.24) is 4.31 Å². The normalized spacial score (nSPS) is 12.9. The molecule has 1 aromatic rings. The maximum Gasteiger partial charge on any atom is 0.211 e. The third-order valence-electron chi connectivity index (χ3n) is 2.64. The first-order valence-corrected chi connectivity index (χ1v) is 8.27. The number of thiophene rings is 1. The van der Waals surface area contributed by atoms with Gasteiger partial charge < -0.3 is 0 Å². The van der Waals surface area contributed by atoms with Crippen LogP contribution in [0.15, 0.2) is 12.1 Å². The molecule has 0 bridgehead atoms. The van der Waals surface area contributed by atoms with Gasteiger partial charge in [0, 0.05) is 11.9 Å². The first kappa shape index (κ1) is 16.5. The minimum Gasteiger partial charge on any atom is -0.296 e. The predicted molar refractivity (Wildman–Crippen MR) is 75.0 cm³/mol. The number of hydrogen-bond acceptors (Lipinski definition) is 6. The van der Waals surface area contributed by atoms with E-state index in [4.69, 9.17) is 5.26 Å². The van der Waals surface area contributed by atoms with E-state index in [1.54, 1.807) is 18.2 Å². The van der Waals surface area contributed by atoms with Gasteiger partial charge in [-0.25, -0.2) is 8.42 Å². The number of nitrogens with zero attached hydrogens (tertiary/aromatic N) is 2. The first-order valence-electron chi connectivity index (χ1n) is 5.61. The molecule has 0 unspecified atom stereocenters. The van der Waals surface area contributed by atoms with Gasteiger partial charge in [-0.2, -0.15) is 9.57 Å². The van der Waals surface area contributed by atoms with Crippen LogP contribution in [0.4, 0.5) is 0 Å². The zero-order valence-corrected chi connectivity index (χ0v) is 12.9. The number of ketones is 2. The summed E-state index contributed by atoms with van der Waals surface area (Å²) in [6.45, 7) is 1.31. The number of likely N-dealkylation sites (N-methyl/N-ethyl adjacent to an activating group) is 1. The summed E-state index contributed by atoms with van der Waals surface area (Å²) >= 11 is 1.20. The third-order valence-corrected chi connectivity index (χ3v) is 4.92. The molecule has 1 atom stereocenters. The molecule has 0 amide bonds. The van der Waals surface area contributed by atoms with E-state index in [1.165, 1.54) is 18.4 Å². The summed E-state index contributed by atoms with van der Waals surface area (Å²) in [5.41, 5.74) is 0. The number of hydrogen-bond donors (Lipinski definition) is 0. The van der Waals surface area contributed by atoms with Crippen LogP contribution in [-0.2, 0) is 14.8 Å². The molecule has 108 valence electrons. The SMILES string of the molecule is Cc1ccc(C(=O)[C@@H](C#N)C(=O)CN(C)S(C)(=O)=O)s1. The molecule has 0 saturated heterocycles. The smallest absolute Gasteiger partial charge is 0.211 e. The summed E-state index contributed by atoms with van der Waals surface area (Å²) in [6, 6.07) is 4.93. The fraction of sp³-hybridized carbons (Fsp3) is 0.417. The molecular formula is C12H14N2O4S2. The summed E-state index contributed by atoms with van der Waals surface area (Å²) in [6.07, 6.45) is 0.951. The van der Waals surface area contributed by atoms with Crippen LogP contribution < -0.4 is 0 Å². The van der Waals surface area contributed by atoms with Gasteiger partial charge in [0.15, 0.2) is 17.5 Å². The fourth-order valence-corrected chi connectivity index (χ4v) is 2.61. The molecule has 0 fully saturated rings. The van der Waals surface area contributed by atoms with E-state index >= 15 is 0 Å². The van der Waals surface area contributed by atoms with Gasteiger partial charge in [0.1, 0.15) is 0 Å². The number of carbonyl (C=O) groups is 2. The van der Waals surface area contributed by atoms with Crippen molar-refractivity contribution in [1.29, 1.82) is 5.26 Å². The molecule has 20 heavy (non-hydrogen) atoms. The molecule has 0 aliphatic carbocycles. The van der Waals surface area contributed by atoms with Crippen molar-refractivity contribution in [3.63, 3.8) is 0 Å². The van der Waals surface area contributed by atoms with Crippen LogP contribution in [0.2, 0.25) is 0 Å². The number of rotatable bonds is 6. The topological polar surface area (TPSA) is 95.3 Å². The Morgan fingerprint density at radius 1 is 1.45 bits per heavy atom. The van der Waals surface area contributed by atoms with Crippen molar-refractivity contribution in [3.8, 4) is 6.07 Å². The van der Waals surface area contributed by atoms with Gasteiger partial charge in [0.05, 0.1) is 23.7 Å². The van der Waals surface area contributed by atoms with E-state index < -0.39 is 34.1 Å². The predicted octanol–water partition coefficient (Wildman–Crippen LogP) is 0.840. The lowest BCUT2D eigenvalue weighted by Crippen LogP contribution is -2.36. The van der Waals surface area contributed by atoms with Crippen molar-refractivity contribution in [2.24, 2.45) is 5.92 Å². The van der Waals surface area contributed by atoms with Gasteiger partial charge in [0.25, 0.3) is 0 Å². The first-order chi connectivity index (χ1) is 9.16. The lowest BCUT2D eigenvalue weighted by molar-refractivity contribution is -0.120. The summed E-state index contributed by atoms with van der Waals surface area (Å²) in [5, 5.41) is 9.00. The maximum atomic E-state index is 12.1. The summed E-state index contributed by atoms with van der Waals surface area (Å²) in [4.78, 5) is 25.2. The van der Waals surface area contributed by atoms with Crippen LogP contribution >= 0.6 is 11.3 Å². The molecule has 0 N–H and O–H groups in total. The minimum absolute atomic E-state index is 0.324. The van der Waals surface area contributed by atoms with Crippen LogP contribution in [0.3, 0.4) is 0 Å². The molecule has 1 heterocycles. The highest BCUT2D eigenvalue weighted by molar-refractivity contribution is 7.88. The Bertz CT molecular complexity index is 670. The molecule has 6 nitrogen and oxygen atoms in total. The molecule has 0 saturated carbocycles. The molecule has 0 radical (unpaired) electrons. The Morgan fingerprint density at radius 2 is 2.05 bits per heavy atom. The highest BCUT2D eigenvalue weighted by atomic mass is 32.2. The van der Waals surface area contributed by atoms with Crippen molar-refractivity contribution >= 4 is 32.9 Å². The molecule has 8 heteroatoms. The van der Waals surface area contributed by atoms with Gasteiger partial charge >= 0.3 is 0 Å². The molecule has 1 aromatic heterocycles. The van der Waals surface area contributed by atoms with E-state index in [0.717, 1.165) is 15.4 Å². The Kier molecular flexibility index (Phi) is 5.16. The second-order valence-electron chi connectivity index (χ2n) is 4.32. The molecule has 1 rings (SSSR count). The maximum absolute atomic E-state index is 12.1. The van der Waals surface area contributed by atoms with Gasteiger partial charge in [-0.05, 0) is 19.1 Å². The number of sulfonamides is 1. The number of Topliss-reactive ketones (excluding diaryl/α,β-unsaturated/α-hetero) is 2. The largest absolute Gasteiger partial charge is 0.296 e. The van der Waals surface area contributed by atoms with Crippen LogP contribution in [0.25, 0.3) is 0 Å². The quantitative estimate of drug-likeness (QED) is 0.572. The van der Waals surface area contributed by atoms with Crippen molar-refractivity contribution in [2.75, 3.05) is 19.8 Å². The van der Waals surface area contributed by atoms with Gasteiger partial charge in [0.2, 0.25) is 10.0 Å². The standard InChI is InChI=1S/C12H14N2O4S2/c1-8-4-5-11(19-8)12(16)9(6-13)10(15)7-14(2)20(3,17)18/h4-5,9H,7H2,1-3H3/t9-/m0/s1. The Balaban J connectivity index is 2.89. The van der Waals surface area contributed by atoms with Crippen LogP contribution in [0, 0.1) is 24.2 Å². The van der Waals surface area contributed by atoms with Crippen molar-refractivity contribution < 1.29 is 18.0 Å². The monoisotopic (exact) mass is 314 g/mol. The van der Waals surface area contributed by atoms with E-state index in [0.29, 0.717) is 4.88 Å². The molecule has 0 aliphatic heterocycles. The van der Waals surface area contributed by atoms with Gasteiger partial charge in [-0.15, -0.1) is 11.3 Å². The van der Waals surface area contributed by atoms with Crippen LogP contribution in [0.1, 0.15) is 14.5 Å². The fourth-order valence-electron chi connectivity index (χ4n) is 1.41.